The van der Waals surface area contributed by atoms with Crippen LogP contribution in [0.1, 0.15) is 30.4 Å². The van der Waals surface area contributed by atoms with Gasteiger partial charge in [-0.1, -0.05) is 6.07 Å². The van der Waals surface area contributed by atoms with Gasteiger partial charge in [0.2, 0.25) is 5.91 Å². The first kappa shape index (κ1) is 30.9. The second kappa shape index (κ2) is 12.4. The molecule has 1 N–H and O–H groups in total. The number of nitrogens with one attached hydrogen (secondary N) is 1. The summed E-state index contributed by atoms with van der Waals surface area (Å²) in [5, 5.41) is 13.9. The molecular weight excluding hydrogens is 570 g/mol. The lowest BCUT2D eigenvalue weighted by Crippen LogP contribution is -2.48. The normalized spacial score (nSPS) is 17.2. The molecule has 2 heterocycles. The third-order valence-electron chi connectivity index (χ3n) is 7.50. The Hall–Kier alpha value is -4.06. The number of alkyl halides is 6. The van der Waals surface area contributed by atoms with Crippen molar-refractivity contribution < 1.29 is 36.1 Å². The summed E-state index contributed by atoms with van der Waals surface area (Å²) in [6, 6.07) is 6.29. The van der Waals surface area contributed by atoms with Gasteiger partial charge in [0.1, 0.15) is 5.56 Å². The van der Waals surface area contributed by atoms with Gasteiger partial charge in [-0.3, -0.25) is 19.8 Å². The van der Waals surface area contributed by atoms with E-state index in [1.54, 1.807) is 4.90 Å². The summed E-state index contributed by atoms with van der Waals surface area (Å²) < 4.78 is 79.7. The average molecular weight is 599 g/mol. The highest BCUT2D eigenvalue weighted by atomic mass is 19.4. The summed E-state index contributed by atoms with van der Waals surface area (Å²) >= 11 is 0. The second-order valence-corrected chi connectivity index (χ2v) is 10.2. The molecular formula is C27H28F6N6O3. The topological polar surface area (TPSA) is 86.3 Å². The van der Waals surface area contributed by atoms with E-state index in [4.69, 9.17) is 6.57 Å². The van der Waals surface area contributed by atoms with Crippen LogP contribution in [0.15, 0.2) is 36.4 Å². The summed E-state index contributed by atoms with van der Waals surface area (Å²) in [6.07, 6.45) is -8.25. The molecule has 0 aromatic heterocycles. The smallest absolute Gasteiger partial charge is 0.382 e. The van der Waals surface area contributed by atoms with E-state index in [0.29, 0.717) is 64.3 Å². The van der Waals surface area contributed by atoms with Crippen molar-refractivity contribution in [2.45, 2.75) is 37.7 Å². The van der Waals surface area contributed by atoms with Crippen LogP contribution < -0.4 is 10.2 Å². The zero-order chi connectivity index (χ0) is 30.7. The number of carbonyl (C=O) groups excluding carboxylic acids is 1. The molecule has 226 valence electrons. The molecule has 2 aromatic rings. The summed E-state index contributed by atoms with van der Waals surface area (Å²) in [4.78, 5) is 31.2. The van der Waals surface area contributed by atoms with Crippen LogP contribution in [0.5, 0.6) is 0 Å². The Labute approximate surface area is 237 Å². The van der Waals surface area contributed by atoms with Gasteiger partial charge in [-0.15, -0.1) is 0 Å². The predicted molar refractivity (Wildman–Crippen MR) is 142 cm³/mol. The summed E-state index contributed by atoms with van der Waals surface area (Å²) in [7, 11) is 0. The molecule has 0 radical (unpaired) electrons. The van der Waals surface area contributed by atoms with E-state index >= 15 is 0 Å². The number of anilines is 2. The van der Waals surface area contributed by atoms with Gasteiger partial charge >= 0.3 is 12.4 Å². The standard InChI is InChI=1S/C27H28F6N6O3/c1-34-23-4-3-20(17-21(23)26(28,29)30)37-14-12-36(13-15-37)9-8-25(40)38-10-6-18(7-11-38)35-19-2-5-24(39(41)42)22(16-19)27(31,32)33/h2-5,16-18,35H,6-15H2. The highest BCUT2D eigenvalue weighted by molar-refractivity contribution is 5.76. The molecule has 2 fully saturated rings. The summed E-state index contributed by atoms with van der Waals surface area (Å²) in [5.74, 6) is -0.0601. The lowest BCUT2D eigenvalue weighted by molar-refractivity contribution is -0.388. The van der Waals surface area contributed by atoms with Gasteiger partial charge < -0.3 is 15.1 Å². The summed E-state index contributed by atoms with van der Waals surface area (Å²) in [6.45, 7) is 10.3. The maximum Gasteiger partial charge on any atom is 0.423 e. The van der Waals surface area contributed by atoms with Gasteiger partial charge in [0.15, 0.2) is 5.69 Å². The predicted octanol–water partition coefficient (Wildman–Crippen LogP) is 5.80. The fourth-order valence-corrected chi connectivity index (χ4v) is 5.21. The molecule has 0 unspecified atom stereocenters. The van der Waals surface area contributed by atoms with Crippen LogP contribution in [0.4, 0.5) is 49.1 Å². The lowest BCUT2D eigenvalue weighted by Gasteiger charge is -2.37. The number of nitrogens with zero attached hydrogens (tertiary/aromatic N) is 5. The van der Waals surface area contributed by atoms with Crippen molar-refractivity contribution in [3.63, 3.8) is 0 Å². The molecule has 15 heteroatoms. The van der Waals surface area contributed by atoms with E-state index < -0.39 is 39.8 Å². The number of piperidine rings is 1. The van der Waals surface area contributed by atoms with Crippen molar-refractivity contribution in [3.8, 4) is 0 Å². The van der Waals surface area contributed by atoms with Crippen LogP contribution in [0.2, 0.25) is 0 Å². The molecule has 0 bridgehead atoms. The SMILES string of the molecule is [C-]#[N+]c1ccc(N2CCN(CCC(=O)N3CCC(Nc4ccc([N+](=O)[O-])c(C(F)(F)F)c4)CC3)CC2)cc1C(F)(F)F. The van der Waals surface area contributed by atoms with E-state index in [1.165, 1.54) is 18.2 Å². The number of nitro groups is 1. The van der Waals surface area contributed by atoms with Gasteiger partial charge in [0.05, 0.1) is 17.1 Å². The Morgan fingerprint density at radius 3 is 2.17 bits per heavy atom. The van der Waals surface area contributed by atoms with Gasteiger partial charge in [-0.2, -0.15) is 26.3 Å². The number of halogens is 6. The van der Waals surface area contributed by atoms with Crippen molar-refractivity contribution in [2.75, 3.05) is 56.0 Å². The molecule has 2 aliphatic rings. The maximum atomic E-state index is 13.3. The number of nitro benzene ring substituents is 1. The zero-order valence-electron chi connectivity index (χ0n) is 22.3. The van der Waals surface area contributed by atoms with Crippen molar-refractivity contribution in [3.05, 3.63) is 69.1 Å². The summed E-state index contributed by atoms with van der Waals surface area (Å²) in [5.41, 5.74) is -3.22. The third-order valence-corrected chi connectivity index (χ3v) is 7.50. The van der Waals surface area contributed by atoms with E-state index in [-0.39, 0.29) is 24.1 Å². The van der Waals surface area contributed by atoms with Crippen molar-refractivity contribution in [1.82, 2.24) is 9.80 Å². The van der Waals surface area contributed by atoms with Crippen molar-refractivity contribution in [2.24, 2.45) is 0 Å². The number of likely N-dealkylation sites (tertiary alicyclic amines) is 1. The highest BCUT2D eigenvalue weighted by Gasteiger charge is 2.39. The number of carbonyl (C=O) groups is 1. The Morgan fingerprint density at radius 1 is 0.952 bits per heavy atom. The average Bonchev–Trinajstić information content (AvgIpc) is 2.95. The van der Waals surface area contributed by atoms with E-state index in [2.05, 4.69) is 15.1 Å². The Bertz CT molecular complexity index is 1340. The largest absolute Gasteiger partial charge is 0.423 e. The van der Waals surface area contributed by atoms with Gasteiger partial charge in [0, 0.05) is 75.7 Å². The van der Waals surface area contributed by atoms with E-state index in [1.807, 2.05) is 4.90 Å². The number of hydrogen-bond donors (Lipinski definition) is 1. The first-order valence-electron chi connectivity index (χ1n) is 13.2. The number of rotatable bonds is 7. The molecule has 4 rings (SSSR count). The first-order chi connectivity index (χ1) is 19.8. The number of amides is 1. The first-order valence-corrected chi connectivity index (χ1v) is 13.2. The Morgan fingerprint density at radius 2 is 1.60 bits per heavy atom. The van der Waals surface area contributed by atoms with Crippen LogP contribution in [0.3, 0.4) is 0 Å². The van der Waals surface area contributed by atoms with Gasteiger partial charge in [-0.25, -0.2) is 4.85 Å². The van der Waals surface area contributed by atoms with Crippen LogP contribution in [0, 0.1) is 16.7 Å². The number of piperazine rings is 1. The molecule has 0 aliphatic carbocycles. The lowest BCUT2D eigenvalue weighted by atomic mass is 10.0. The minimum atomic E-state index is -4.87. The van der Waals surface area contributed by atoms with Crippen LogP contribution in [0.25, 0.3) is 4.85 Å². The molecule has 0 atom stereocenters. The fraction of sp³-hybridized carbons (Fsp3) is 0.481. The number of hydrogen-bond acceptors (Lipinski definition) is 6. The van der Waals surface area contributed by atoms with Crippen LogP contribution in [-0.4, -0.2) is 72.5 Å². The number of benzene rings is 2. The van der Waals surface area contributed by atoms with E-state index in [0.717, 1.165) is 18.2 Å². The molecule has 2 aromatic carbocycles. The molecule has 2 saturated heterocycles. The van der Waals surface area contributed by atoms with Gasteiger partial charge in [0.25, 0.3) is 5.69 Å². The zero-order valence-corrected chi connectivity index (χ0v) is 22.3. The monoisotopic (exact) mass is 598 g/mol. The Balaban J connectivity index is 1.22. The molecule has 9 nitrogen and oxygen atoms in total. The minimum Gasteiger partial charge on any atom is -0.382 e. The highest BCUT2D eigenvalue weighted by Crippen LogP contribution is 2.39. The third kappa shape index (κ3) is 7.41. The molecule has 1 amide bonds. The quantitative estimate of drug-likeness (QED) is 0.188. The molecule has 0 saturated carbocycles. The van der Waals surface area contributed by atoms with E-state index in [9.17, 15) is 41.3 Å². The molecule has 42 heavy (non-hydrogen) atoms. The Kier molecular flexibility index (Phi) is 9.15. The van der Waals surface area contributed by atoms with Crippen LogP contribution >= 0.6 is 0 Å². The molecule has 0 spiro atoms. The fourth-order valence-electron chi connectivity index (χ4n) is 5.21. The maximum absolute atomic E-state index is 13.3. The van der Waals surface area contributed by atoms with Crippen molar-refractivity contribution >= 4 is 28.7 Å². The van der Waals surface area contributed by atoms with Crippen LogP contribution in [-0.2, 0) is 17.1 Å². The second-order valence-electron chi connectivity index (χ2n) is 10.2. The molecule has 2 aliphatic heterocycles. The minimum absolute atomic E-state index is 0.0601. The van der Waals surface area contributed by atoms with Gasteiger partial charge in [-0.05, 0) is 37.1 Å². The van der Waals surface area contributed by atoms with Crippen molar-refractivity contribution in [1.29, 1.82) is 0 Å².